The van der Waals surface area contributed by atoms with Crippen molar-refractivity contribution in [3.63, 3.8) is 0 Å². The Labute approximate surface area is 128 Å². The minimum absolute atomic E-state index is 0.0300. The maximum absolute atomic E-state index is 12.0. The average molecular weight is 292 g/mol. The average Bonchev–Trinajstić information content (AvgIpc) is 2.54. The Bertz CT molecular complexity index is 417. The van der Waals surface area contributed by atoms with Gasteiger partial charge in [0.2, 0.25) is 0 Å². The standard InChI is InChI=1S/C17H28N2O2/c1-4-19(5-2)13-8-6-7-12-18-17(20)15-10-9-11-16(14-15)21-3/h9-11,14H,4-8,12-13H2,1-3H3,(H,18,20). The first-order valence-electron chi connectivity index (χ1n) is 7.85. The molecule has 0 aliphatic carbocycles. The monoisotopic (exact) mass is 292 g/mol. The maximum atomic E-state index is 12.0. The molecule has 4 nitrogen and oxygen atoms in total. The fourth-order valence-corrected chi connectivity index (χ4v) is 2.25. The van der Waals surface area contributed by atoms with Gasteiger partial charge in [0.05, 0.1) is 7.11 Å². The van der Waals surface area contributed by atoms with Crippen molar-refractivity contribution in [3.8, 4) is 5.75 Å². The van der Waals surface area contributed by atoms with E-state index in [1.54, 1.807) is 19.2 Å². The second-order valence-electron chi connectivity index (χ2n) is 5.08. The van der Waals surface area contributed by atoms with E-state index >= 15 is 0 Å². The van der Waals surface area contributed by atoms with Crippen LogP contribution in [0.15, 0.2) is 24.3 Å². The number of ether oxygens (including phenoxy) is 1. The fourth-order valence-electron chi connectivity index (χ4n) is 2.25. The predicted molar refractivity (Wildman–Crippen MR) is 87.0 cm³/mol. The zero-order valence-corrected chi connectivity index (χ0v) is 13.5. The van der Waals surface area contributed by atoms with Gasteiger partial charge in [-0.05, 0) is 50.7 Å². The van der Waals surface area contributed by atoms with Gasteiger partial charge in [0.1, 0.15) is 5.75 Å². The van der Waals surface area contributed by atoms with Gasteiger partial charge in [-0.25, -0.2) is 0 Å². The molecular formula is C17H28N2O2. The van der Waals surface area contributed by atoms with Crippen molar-refractivity contribution in [2.75, 3.05) is 33.3 Å². The first-order valence-corrected chi connectivity index (χ1v) is 7.85. The number of amides is 1. The molecule has 0 aliphatic heterocycles. The number of carbonyl (C=O) groups is 1. The minimum Gasteiger partial charge on any atom is -0.497 e. The molecule has 0 unspecified atom stereocenters. The highest BCUT2D eigenvalue weighted by molar-refractivity contribution is 5.94. The van der Waals surface area contributed by atoms with E-state index in [9.17, 15) is 4.79 Å². The van der Waals surface area contributed by atoms with Crippen LogP contribution in [0.3, 0.4) is 0 Å². The topological polar surface area (TPSA) is 41.6 Å². The minimum atomic E-state index is -0.0300. The van der Waals surface area contributed by atoms with Crippen LogP contribution < -0.4 is 10.1 Å². The zero-order chi connectivity index (χ0) is 15.5. The van der Waals surface area contributed by atoms with Gasteiger partial charge in [-0.3, -0.25) is 4.79 Å². The summed E-state index contributed by atoms with van der Waals surface area (Å²) in [6.07, 6.45) is 3.36. The van der Waals surface area contributed by atoms with E-state index in [0.29, 0.717) is 11.3 Å². The third-order valence-electron chi connectivity index (χ3n) is 3.66. The van der Waals surface area contributed by atoms with E-state index in [1.807, 2.05) is 12.1 Å². The largest absolute Gasteiger partial charge is 0.497 e. The summed E-state index contributed by atoms with van der Waals surface area (Å²) in [5.41, 5.74) is 0.650. The first kappa shape index (κ1) is 17.5. The van der Waals surface area contributed by atoms with Gasteiger partial charge < -0.3 is 15.0 Å². The SMILES string of the molecule is CCN(CC)CCCCCNC(=O)c1cccc(OC)c1. The molecule has 0 radical (unpaired) electrons. The molecule has 118 valence electrons. The maximum Gasteiger partial charge on any atom is 0.251 e. The van der Waals surface area contributed by atoms with Crippen LogP contribution >= 0.6 is 0 Å². The van der Waals surface area contributed by atoms with E-state index < -0.39 is 0 Å². The second-order valence-corrected chi connectivity index (χ2v) is 5.08. The van der Waals surface area contributed by atoms with E-state index in [-0.39, 0.29) is 5.91 Å². The summed E-state index contributed by atoms with van der Waals surface area (Å²) in [5.74, 6) is 0.680. The molecule has 0 aromatic heterocycles. The Morgan fingerprint density at radius 2 is 1.95 bits per heavy atom. The van der Waals surface area contributed by atoms with Crippen LogP contribution in [0.25, 0.3) is 0 Å². The van der Waals surface area contributed by atoms with Crippen LogP contribution in [0.4, 0.5) is 0 Å². The number of methoxy groups -OCH3 is 1. The number of nitrogens with one attached hydrogen (secondary N) is 1. The third kappa shape index (κ3) is 6.63. The van der Waals surface area contributed by atoms with Crippen LogP contribution in [0, 0.1) is 0 Å². The summed E-state index contributed by atoms with van der Waals surface area (Å²) in [5, 5.41) is 2.96. The number of hydrogen-bond acceptors (Lipinski definition) is 3. The molecule has 1 aromatic carbocycles. The lowest BCUT2D eigenvalue weighted by Gasteiger charge is -2.17. The fraction of sp³-hybridized carbons (Fsp3) is 0.588. The number of unbranched alkanes of at least 4 members (excludes halogenated alkanes) is 2. The quantitative estimate of drug-likeness (QED) is 0.674. The van der Waals surface area contributed by atoms with Crippen LogP contribution in [0.5, 0.6) is 5.75 Å². The van der Waals surface area contributed by atoms with Crippen LogP contribution in [0.2, 0.25) is 0 Å². The Balaban J connectivity index is 2.19. The van der Waals surface area contributed by atoms with Crippen molar-refractivity contribution >= 4 is 5.91 Å². The van der Waals surface area contributed by atoms with Gasteiger partial charge in [0.15, 0.2) is 0 Å². The molecule has 0 atom stereocenters. The van der Waals surface area contributed by atoms with Gasteiger partial charge in [0, 0.05) is 12.1 Å². The number of carbonyl (C=O) groups excluding carboxylic acids is 1. The Hall–Kier alpha value is -1.55. The summed E-state index contributed by atoms with van der Waals surface area (Å²) in [6, 6.07) is 7.23. The van der Waals surface area contributed by atoms with Crippen molar-refractivity contribution in [2.45, 2.75) is 33.1 Å². The molecule has 1 aromatic rings. The molecule has 21 heavy (non-hydrogen) atoms. The van der Waals surface area contributed by atoms with Gasteiger partial charge in [-0.15, -0.1) is 0 Å². The second kappa shape index (κ2) is 10.2. The normalized spacial score (nSPS) is 10.7. The molecule has 0 fully saturated rings. The predicted octanol–water partition coefficient (Wildman–Crippen LogP) is 2.94. The Morgan fingerprint density at radius 3 is 2.62 bits per heavy atom. The number of nitrogens with zero attached hydrogens (tertiary/aromatic N) is 1. The molecule has 0 aliphatic rings. The summed E-state index contributed by atoms with van der Waals surface area (Å²) in [6.45, 7) is 8.49. The van der Waals surface area contributed by atoms with Crippen molar-refractivity contribution in [1.82, 2.24) is 10.2 Å². The molecule has 0 saturated heterocycles. The van der Waals surface area contributed by atoms with Crippen LogP contribution in [-0.4, -0.2) is 44.1 Å². The lowest BCUT2D eigenvalue weighted by molar-refractivity contribution is 0.0952. The Morgan fingerprint density at radius 1 is 1.19 bits per heavy atom. The van der Waals surface area contributed by atoms with Crippen molar-refractivity contribution in [3.05, 3.63) is 29.8 Å². The highest BCUT2D eigenvalue weighted by atomic mass is 16.5. The zero-order valence-electron chi connectivity index (χ0n) is 13.5. The molecule has 4 heteroatoms. The highest BCUT2D eigenvalue weighted by Gasteiger charge is 2.05. The van der Waals surface area contributed by atoms with E-state index in [4.69, 9.17) is 4.74 Å². The van der Waals surface area contributed by atoms with Crippen molar-refractivity contribution in [1.29, 1.82) is 0 Å². The Kier molecular flexibility index (Phi) is 8.51. The lowest BCUT2D eigenvalue weighted by Crippen LogP contribution is -2.25. The van der Waals surface area contributed by atoms with Gasteiger partial charge in [0.25, 0.3) is 5.91 Å². The van der Waals surface area contributed by atoms with Gasteiger partial charge >= 0.3 is 0 Å². The summed E-state index contributed by atoms with van der Waals surface area (Å²) < 4.78 is 5.12. The number of hydrogen-bond donors (Lipinski definition) is 1. The molecule has 1 N–H and O–H groups in total. The molecular weight excluding hydrogens is 264 g/mol. The molecule has 0 bridgehead atoms. The highest BCUT2D eigenvalue weighted by Crippen LogP contribution is 2.12. The molecule has 0 heterocycles. The molecule has 1 amide bonds. The molecule has 0 saturated carbocycles. The molecule has 0 spiro atoms. The van der Waals surface area contributed by atoms with Crippen LogP contribution in [-0.2, 0) is 0 Å². The lowest BCUT2D eigenvalue weighted by atomic mass is 10.2. The number of benzene rings is 1. The summed E-state index contributed by atoms with van der Waals surface area (Å²) in [7, 11) is 1.60. The summed E-state index contributed by atoms with van der Waals surface area (Å²) in [4.78, 5) is 14.4. The summed E-state index contributed by atoms with van der Waals surface area (Å²) >= 11 is 0. The van der Waals surface area contributed by atoms with E-state index in [2.05, 4.69) is 24.1 Å². The third-order valence-corrected chi connectivity index (χ3v) is 3.66. The van der Waals surface area contributed by atoms with Gasteiger partial charge in [-0.2, -0.15) is 0 Å². The number of rotatable bonds is 10. The van der Waals surface area contributed by atoms with E-state index in [1.165, 1.54) is 6.42 Å². The van der Waals surface area contributed by atoms with Crippen LogP contribution in [0.1, 0.15) is 43.5 Å². The van der Waals surface area contributed by atoms with Crippen molar-refractivity contribution in [2.24, 2.45) is 0 Å². The van der Waals surface area contributed by atoms with E-state index in [0.717, 1.165) is 39.0 Å². The smallest absolute Gasteiger partial charge is 0.251 e. The molecule has 1 rings (SSSR count). The van der Waals surface area contributed by atoms with Gasteiger partial charge in [-0.1, -0.05) is 26.3 Å². The van der Waals surface area contributed by atoms with Crippen molar-refractivity contribution < 1.29 is 9.53 Å². The first-order chi connectivity index (χ1) is 10.2.